The van der Waals surface area contributed by atoms with E-state index in [2.05, 4.69) is 30.5 Å². The Morgan fingerprint density at radius 2 is 2.08 bits per heavy atom. The van der Waals surface area contributed by atoms with Gasteiger partial charge in [0, 0.05) is 11.6 Å². The number of alkyl halides is 3. The molecule has 1 aliphatic carbocycles. The topological polar surface area (TPSA) is 76.4 Å². The molecule has 0 bridgehead atoms. The Morgan fingerprint density at radius 3 is 2.84 bits per heavy atom. The number of pyridine rings is 1. The number of aromatic nitrogens is 3. The van der Waals surface area contributed by atoms with Crippen molar-refractivity contribution in [3.05, 3.63) is 90.1 Å². The molecule has 0 amide bonds. The molecule has 0 radical (unpaired) electrons. The highest BCUT2D eigenvalue weighted by Gasteiger charge is 2.32. The van der Waals surface area contributed by atoms with Gasteiger partial charge < -0.3 is 14.6 Å². The molecule has 0 spiro atoms. The molecule has 37 heavy (non-hydrogen) atoms. The lowest BCUT2D eigenvalue weighted by atomic mass is 10.0. The lowest BCUT2D eigenvalue weighted by Crippen LogP contribution is -2.24. The number of ether oxygens (including phenoxy) is 1. The molecule has 0 fully saturated rings. The summed E-state index contributed by atoms with van der Waals surface area (Å²) in [6.07, 6.45) is 5.18. The molecule has 1 aliphatic rings. The summed E-state index contributed by atoms with van der Waals surface area (Å²) in [5.41, 5.74) is 6.33. The van der Waals surface area contributed by atoms with E-state index in [0.29, 0.717) is 17.4 Å². The van der Waals surface area contributed by atoms with Crippen LogP contribution in [0.4, 0.5) is 19.0 Å². The van der Waals surface area contributed by atoms with Crippen LogP contribution in [0.3, 0.4) is 0 Å². The normalized spacial score (nSPS) is 15.8. The number of anilines is 1. The Balaban J connectivity index is 1.29. The number of rotatable bonds is 5. The van der Waals surface area contributed by atoms with Crippen LogP contribution in [0.15, 0.2) is 84.1 Å². The third-order valence-electron chi connectivity index (χ3n) is 5.84. The number of hydrogen-bond donors (Lipinski definition) is 2. The summed E-state index contributed by atoms with van der Waals surface area (Å²) < 4.78 is 43.3. The minimum Gasteiger partial charge on any atom is -0.406 e. The summed E-state index contributed by atoms with van der Waals surface area (Å²) in [6, 6.07) is 13.4. The summed E-state index contributed by atoms with van der Waals surface area (Å²) in [4.78, 5) is 8.82. The van der Waals surface area contributed by atoms with Crippen molar-refractivity contribution >= 4 is 51.2 Å². The highest BCUT2D eigenvalue weighted by atomic mass is 32.1. The second-order valence-electron chi connectivity index (χ2n) is 8.38. The fraction of sp³-hybridized carbons (Fsp3) is 0.154. The van der Waals surface area contributed by atoms with Gasteiger partial charge in [-0.1, -0.05) is 30.3 Å². The zero-order valence-corrected chi connectivity index (χ0v) is 20.3. The van der Waals surface area contributed by atoms with Gasteiger partial charge in [-0.25, -0.2) is 9.97 Å². The molecule has 2 heterocycles. The van der Waals surface area contributed by atoms with E-state index in [1.54, 1.807) is 24.8 Å². The van der Waals surface area contributed by atoms with Gasteiger partial charge in [0.2, 0.25) is 0 Å². The van der Waals surface area contributed by atoms with Crippen LogP contribution in [-0.4, -0.2) is 32.2 Å². The lowest BCUT2D eigenvalue weighted by Gasteiger charge is -2.19. The number of nitrogens with one attached hydrogen (secondary N) is 2. The molecular formula is C26H21F3N6OS. The molecule has 2 aromatic carbocycles. The van der Waals surface area contributed by atoms with Crippen molar-refractivity contribution < 1.29 is 17.9 Å². The van der Waals surface area contributed by atoms with E-state index >= 15 is 0 Å². The third kappa shape index (κ3) is 5.61. The number of nitrogens with zero attached hydrogens (tertiary/aromatic N) is 4. The number of halogens is 3. The molecule has 0 aliphatic heterocycles. The zero-order valence-electron chi connectivity index (χ0n) is 19.5. The summed E-state index contributed by atoms with van der Waals surface area (Å²) in [6.45, 7) is 1.93. The first-order valence-electron chi connectivity index (χ1n) is 11.3. The Hall–Kier alpha value is -4.25. The second kappa shape index (κ2) is 10.0. The van der Waals surface area contributed by atoms with Crippen LogP contribution in [-0.2, 0) is 4.74 Å². The smallest absolute Gasteiger partial charge is 0.406 e. The predicted octanol–water partition coefficient (Wildman–Crippen LogP) is 6.13. The monoisotopic (exact) mass is 522 g/mol. The minimum atomic E-state index is -4.70. The van der Waals surface area contributed by atoms with Crippen LogP contribution in [0.25, 0.3) is 21.8 Å². The molecule has 5 rings (SSSR count). The summed E-state index contributed by atoms with van der Waals surface area (Å²) in [7, 11) is 0. The van der Waals surface area contributed by atoms with Gasteiger partial charge in [0.15, 0.2) is 5.11 Å². The van der Waals surface area contributed by atoms with Gasteiger partial charge in [0.05, 0.1) is 29.6 Å². The van der Waals surface area contributed by atoms with Crippen molar-refractivity contribution in [2.75, 3.05) is 5.32 Å². The van der Waals surface area contributed by atoms with Gasteiger partial charge in [0.25, 0.3) is 0 Å². The van der Waals surface area contributed by atoms with E-state index in [1.807, 2.05) is 54.0 Å². The highest BCUT2D eigenvalue weighted by molar-refractivity contribution is 7.80. The molecule has 0 saturated carbocycles. The van der Waals surface area contributed by atoms with Gasteiger partial charge in [-0.3, -0.25) is 5.43 Å². The fourth-order valence-electron chi connectivity index (χ4n) is 4.11. The molecule has 4 aromatic rings. The number of imidazole rings is 1. The van der Waals surface area contributed by atoms with Gasteiger partial charge >= 0.3 is 6.36 Å². The molecule has 1 unspecified atom stereocenters. The molecule has 2 N–H and O–H groups in total. The maximum atomic E-state index is 12.5. The van der Waals surface area contributed by atoms with Crippen molar-refractivity contribution in [2.24, 2.45) is 5.10 Å². The van der Waals surface area contributed by atoms with E-state index in [9.17, 15) is 13.2 Å². The molecule has 188 valence electrons. The second-order valence-corrected chi connectivity index (χ2v) is 8.78. The fourth-order valence-corrected chi connectivity index (χ4v) is 4.26. The van der Waals surface area contributed by atoms with Crippen molar-refractivity contribution in [1.82, 2.24) is 20.0 Å². The van der Waals surface area contributed by atoms with E-state index in [4.69, 9.17) is 12.2 Å². The molecular weight excluding hydrogens is 501 g/mol. The number of benzene rings is 2. The number of fused-ring (bicyclic) bond motifs is 3. The first-order chi connectivity index (χ1) is 17.8. The van der Waals surface area contributed by atoms with Gasteiger partial charge in [0.1, 0.15) is 11.6 Å². The number of hydrazone groups is 1. The van der Waals surface area contributed by atoms with Crippen LogP contribution >= 0.6 is 12.2 Å². The number of thiocarbonyl (C=S) groups is 1. The summed E-state index contributed by atoms with van der Waals surface area (Å²) >= 11 is 5.27. The molecule has 0 saturated heterocycles. The maximum Gasteiger partial charge on any atom is 0.573 e. The minimum absolute atomic E-state index is 0.159. The first kappa shape index (κ1) is 24.4. The van der Waals surface area contributed by atoms with Crippen LogP contribution in [0.5, 0.6) is 0 Å². The van der Waals surface area contributed by atoms with Gasteiger partial charge in [-0.05, 0) is 72.4 Å². The first-order valence-corrected chi connectivity index (χ1v) is 11.7. The maximum absolute atomic E-state index is 12.5. The standard InChI is InChI=1S/C26H21F3N6OS/c1-16-3-2-12-30-24(16)33-25(37)34-32-14-17-4-10-21-18(13-17)5-11-22-23(21)31-15-35(22)19-6-8-20(9-7-19)36-26(27,28)29/h2-6,8-15,19H,7H2,1H3,(H2,30,33,34,37)/b32-14+. The van der Waals surface area contributed by atoms with E-state index < -0.39 is 6.36 Å². The lowest BCUT2D eigenvalue weighted by molar-refractivity contribution is -0.303. The largest absolute Gasteiger partial charge is 0.573 e. The average molecular weight is 523 g/mol. The zero-order chi connectivity index (χ0) is 26.0. The SMILES string of the molecule is Cc1cccnc1NC(=S)N/N=C/c1ccc2c(ccc3c2ncn3C2C=CC(OC(F)(F)F)=CC2)c1. The number of aryl methyl sites for hydroxylation is 1. The van der Waals surface area contributed by atoms with E-state index in [-0.39, 0.29) is 11.8 Å². The van der Waals surface area contributed by atoms with E-state index in [1.165, 1.54) is 12.2 Å². The Kier molecular flexibility index (Phi) is 6.62. The molecule has 7 nitrogen and oxygen atoms in total. The van der Waals surface area contributed by atoms with Crippen molar-refractivity contribution in [3.8, 4) is 0 Å². The Bertz CT molecular complexity index is 1570. The van der Waals surface area contributed by atoms with E-state index in [0.717, 1.165) is 32.9 Å². The van der Waals surface area contributed by atoms with Crippen LogP contribution in [0.1, 0.15) is 23.6 Å². The van der Waals surface area contributed by atoms with Gasteiger partial charge in [-0.15, -0.1) is 13.2 Å². The summed E-state index contributed by atoms with van der Waals surface area (Å²) in [5, 5.41) is 9.48. The highest BCUT2D eigenvalue weighted by Crippen LogP contribution is 2.31. The molecule has 2 aromatic heterocycles. The van der Waals surface area contributed by atoms with Crippen LogP contribution in [0, 0.1) is 6.92 Å². The van der Waals surface area contributed by atoms with Gasteiger partial charge in [-0.2, -0.15) is 5.10 Å². The average Bonchev–Trinajstić information content (AvgIpc) is 3.29. The van der Waals surface area contributed by atoms with Crippen LogP contribution < -0.4 is 10.7 Å². The number of allylic oxidation sites excluding steroid dienone is 3. The van der Waals surface area contributed by atoms with Crippen LogP contribution in [0.2, 0.25) is 0 Å². The molecule has 11 heteroatoms. The summed E-state index contributed by atoms with van der Waals surface area (Å²) in [5.74, 6) is 0.463. The predicted molar refractivity (Wildman–Crippen MR) is 141 cm³/mol. The van der Waals surface area contributed by atoms with Crippen molar-refractivity contribution in [1.29, 1.82) is 0 Å². The quantitative estimate of drug-likeness (QED) is 0.186. The molecule has 1 atom stereocenters. The van der Waals surface area contributed by atoms with Crippen molar-refractivity contribution in [3.63, 3.8) is 0 Å². The van der Waals surface area contributed by atoms with Crippen molar-refractivity contribution in [2.45, 2.75) is 25.7 Å². The number of hydrogen-bond acceptors (Lipinski definition) is 5. The third-order valence-corrected chi connectivity index (χ3v) is 6.03. The Labute approximate surface area is 215 Å². The Morgan fingerprint density at radius 1 is 1.22 bits per heavy atom.